The number of aryl methyl sites for hydroxylation is 1. The normalized spacial score (nSPS) is 18.0. The van der Waals surface area contributed by atoms with Gasteiger partial charge in [-0.2, -0.15) is 5.10 Å². The lowest BCUT2D eigenvalue weighted by atomic mass is 10.0. The topological polar surface area (TPSA) is 29.9 Å². The molecule has 1 aromatic rings. The Hall–Kier alpha value is -0.830. The van der Waals surface area contributed by atoms with Crippen molar-refractivity contribution in [1.82, 2.24) is 15.1 Å². The van der Waals surface area contributed by atoms with E-state index in [-0.39, 0.29) is 0 Å². The second kappa shape index (κ2) is 4.35. The molecule has 0 saturated heterocycles. The molecule has 2 rings (SSSR count). The van der Waals surface area contributed by atoms with E-state index in [4.69, 9.17) is 0 Å². The maximum Gasteiger partial charge on any atom is 0.0492 e. The first-order valence-corrected chi connectivity index (χ1v) is 5.93. The van der Waals surface area contributed by atoms with E-state index in [1.165, 1.54) is 31.5 Å². The lowest BCUT2D eigenvalue weighted by Crippen LogP contribution is -2.26. The van der Waals surface area contributed by atoms with E-state index in [0.29, 0.717) is 5.41 Å². The Morgan fingerprint density at radius 1 is 1.53 bits per heavy atom. The Balaban J connectivity index is 1.65. The minimum atomic E-state index is 0.659. The van der Waals surface area contributed by atoms with Crippen molar-refractivity contribution in [2.24, 2.45) is 12.5 Å². The van der Waals surface area contributed by atoms with Crippen molar-refractivity contribution >= 4 is 0 Å². The predicted octanol–water partition coefficient (Wildman–Crippen LogP) is 1.74. The van der Waals surface area contributed by atoms with Crippen molar-refractivity contribution in [2.75, 3.05) is 13.1 Å². The first-order chi connectivity index (χ1) is 7.26. The van der Waals surface area contributed by atoms with E-state index in [1.807, 2.05) is 17.9 Å². The van der Waals surface area contributed by atoms with Gasteiger partial charge in [-0.05, 0) is 30.7 Å². The summed E-state index contributed by atoms with van der Waals surface area (Å²) < 4.78 is 1.95. The van der Waals surface area contributed by atoms with Gasteiger partial charge in [-0.3, -0.25) is 4.68 Å². The van der Waals surface area contributed by atoms with Gasteiger partial charge in [0.15, 0.2) is 0 Å². The fraction of sp³-hybridized carbons (Fsp3) is 0.750. The fourth-order valence-corrected chi connectivity index (χ4v) is 2.05. The third-order valence-electron chi connectivity index (χ3n) is 3.69. The molecule has 0 atom stereocenters. The zero-order valence-electron chi connectivity index (χ0n) is 9.79. The summed E-state index contributed by atoms with van der Waals surface area (Å²) in [6, 6.07) is 2.09. The van der Waals surface area contributed by atoms with Gasteiger partial charge in [0, 0.05) is 38.4 Å². The maximum atomic E-state index is 4.16. The molecule has 0 unspecified atom stereocenters. The molecular formula is C12H21N3. The molecule has 1 N–H and O–H groups in total. The van der Waals surface area contributed by atoms with Crippen molar-refractivity contribution in [3.05, 3.63) is 18.0 Å². The molecule has 1 aliphatic carbocycles. The van der Waals surface area contributed by atoms with Crippen LogP contribution in [0.3, 0.4) is 0 Å². The van der Waals surface area contributed by atoms with Crippen LogP contribution >= 0.6 is 0 Å². The van der Waals surface area contributed by atoms with Crippen LogP contribution in [0.25, 0.3) is 0 Å². The number of hydrogen-bond donors (Lipinski definition) is 1. The molecule has 0 amide bonds. The molecule has 1 heterocycles. The van der Waals surface area contributed by atoms with E-state index in [2.05, 4.69) is 23.4 Å². The van der Waals surface area contributed by atoms with E-state index in [1.54, 1.807) is 0 Å². The standard InChI is InChI=1S/C12H21N3/c1-3-12(6-7-12)10-13-8-4-11-5-9-14-15(11)2/h5,9,13H,3-4,6-8,10H2,1-2H3. The molecule has 0 spiro atoms. The van der Waals surface area contributed by atoms with Crippen molar-refractivity contribution in [1.29, 1.82) is 0 Å². The van der Waals surface area contributed by atoms with Gasteiger partial charge in [0.05, 0.1) is 0 Å². The number of aromatic nitrogens is 2. The van der Waals surface area contributed by atoms with Crippen LogP contribution in [0.5, 0.6) is 0 Å². The van der Waals surface area contributed by atoms with E-state index >= 15 is 0 Å². The van der Waals surface area contributed by atoms with Crippen LogP contribution in [0.15, 0.2) is 12.3 Å². The third kappa shape index (κ3) is 2.59. The molecule has 0 aromatic carbocycles. The van der Waals surface area contributed by atoms with Crippen molar-refractivity contribution in [3.8, 4) is 0 Å². The van der Waals surface area contributed by atoms with Crippen molar-refractivity contribution in [3.63, 3.8) is 0 Å². The van der Waals surface area contributed by atoms with Gasteiger partial charge >= 0.3 is 0 Å². The van der Waals surface area contributed by atoms with Gasteiger partial charge in [-0.15, -0.1) is 0 Å². The molecule has 0 aliphatic heterocycles. The van der Waals surface area contributed by atoms with Crippen LogP contribution in [0.1, 0.15) is 31.9 Å². The Morgan fingerprint density at radius 3 is 2.87 bits per heavy atom. The minimum absolute atomic E-state index is 0.659. The Bertz CT molecular complexity index is 312. The lowest BCUT2D eigenvalue weighted by Gasteiger charge is -2.13. The number of hydrogen-bond acceptors (Lipinski definition) is 2. The summed E-state index contributed by atoms with van der Waals surface area (Å²) in [5.41, 5.74) is 1.97. The van der Waals surface area contributed by atoms with Crippen molar-refractivity contribution < 1.29 is 0 Å². The van der Waals surface area contributed by atoms with Crippen LogP contribution in [-0.2, 0) is 13.5 Å². The summed E-state index contributed by atoms with van der Waals surface area (Å²) in [6.45, 7) is 4.57. The highest BCUT2D eigenvalue weighted by Crippen LogP contribution is 2.47. The van der Waals surface area contributed by atoms with Crippen LogP contribution in [0, 0.1) is 5.41 Å². The van der Waals surface area contributed by atoms with Gasteiger partial charge < -0.3 is 5.32 Å². The smallest absolute Gasteiger partial charge is 0.0492 e. The quantitative estimate of drug-likeness (QED) is 0.720. The van der Waals surface area contributed by atoms with Crippen LogP contribution < -0.4 is 5.32 Å². The lowest BCUT2D eigenvalue weighted by molar-refractivity contribution is 0.444. The molecule has 15 heavy (non-hydrogen) atoms. The molecule has 1 aliphatic rings. The molecular weight excluding hydrogens is 186 g/mol. The average Bonchev–Trinajstić information content (AvgIpc) is 2.92. The largest absolute Gasteiger partial charge is 0.316 e. The Morgan fingerprint density at radius 2 is 2.33 bits per heavy atom. The zero-order valence-corrected chi connectivity index (χ0v) is 9.79. The first-order valence-electron chi connectivity index (χ1n) is 5.93. The highest BCUT2D eigenvalue weighted by atomic mass is 15.3. The summed E-state index contributed by atoms with van der Waals surface area (Å²) in [4.78, 5) is 0. The van der Waals surface area contributed by atoms with Crippen LogP contribution in [0.4, 0.5) is 0 Å². The van der Waals surface area contributed by atoms with Gasteiger partial charge in [-0.1, -0.05) is 6.92 Å². The summed E-state index contributed by atoms with van der Waals surface area (Å²) in [5.74, 6) is 0. The van der Waals surface area contributed by atoms with Gasteiger partial charge in [0.2, 0.25) is 0 Å². The van der Waals surface area contributed by atoms with Gasteiger partial charge in [0.25, 0.3) is 0 Å². The van der Waals surface area contributed by atoms with Gasteiger partial charge in [0.1, 0.15) is 0 Å². The SMILES string of the molecule is CCC1(CNCCc2ccnn2C)CC1. The first kappa shape index (κ1) is 10.7. The molecule has 84 valence electrons. The third-order valence-corrected chi connectivity index (χ3v) is 3.69. The molecule has 0 bridgehead atoms. The summed E-state index contributed by atoms with van der Waals surface area (Å²) in [5, 5.41) is 7.72. The molecule has 1 fully saturated rings. The van der Waals surface area contributed by atoms with Crippen LogP contribution in [0.2, 0.25) is 0 Å². The molecule has 3 heteroatoms. The highest BCUT2D eigenvalue weighted by Gasteiger charge is 2.39. The molecule has 1 saturated carbocycles. The van der Waals surface area contributed by atoms with Crippen molar-refractivity contribution in [2.45, 2.75) is 32.6 Å². The van der Waals surface area contributed by atoms with Gasteiger partial charge in [-0.25, -0.2) is 0 Å². The highest BCUT2D eigenvalue weighted by molar-refractivity contribution is 5.00. The van der Waals surface area contributed by atoms with E-state index in [9.17, 15) is 0 Å². The number of nitrogens with one attached hydrogen (secondary N) is 1. The zero-order chi connectivity index (χ0) is 10.7. The number of rotatable bonds is 6. The molecule has 1 aromatic heterocycles. The fourth-order valence-electron chi connectivity index (χ4n) is 2.05. The second-order valence-electron chi connectivity index (χ2n) is 4.73. The Labute approximate surface area is 91.9 Å². The monoisotopic (exact) mass is 207 g/mol. The number of nitrogens with zero attached hydrogens (tertiary/aromatic N) is 2. The second-order valence-corrected chi connectivity index (χ2v) is 4.73. The molecule has 3 nitrogen and oxygen atoms in total. The Kier molecular flexibility index (Phi) is 3.10. The maximum absolute atomic E-state index is 4.16. The average molecular weight is 207 g/mol. The minimum Gasteiger partial charge on any atom is -0.316 e. The van der Waals surface area contributed by atoms with Crippen LogP contribution in [-0.4, -0.2) is 22.9 Å². The summed E-state index contributed by atoms with van der Waals surface area (Å²) in [6.07, 6.45) is 7.11. The van der Waals surface area contributed by atoms with E-state index in [0.717, 1.165) is 13.0 Å². The summed E-state index contributed by atoms with van der Waals surface area (Å²) in [7, 11) is 2.00. The van der Waals surface area contributed by atoms with E-state index < -0.39 is 0 Å². The predicted molar refractivity (Wildman–Crippen MR) is 61.7 cm³/mol. The summed E-state index contributed by atoms with van der Waals surface area (Å²) >= 11 is 0. The molecule has 0 radical (unpaired) electrons.